The Morgan fingerprint density at radius 1 is 1.05 bits per heavy atom. The van der Waals surface area contributed by atoms with Crippen LogP contribution in [0.3, 0.4) is 0 Å². The van der Waals surface area contributed by atoms with Gasteiger partial charge in [0.1, 0.15) is 17.0 Å². The first-order valence-corrected chi connectivity index (χ1v) is 12.4. The fourth-order valence-electron chi connectivity index (χ4n) is 4.25. The first-order chi connectivity index (χ1) is 17.7. The number of likely N-dealkylation sites (N-methyl/N-ethyl adjacent to an activating group) is 1. The Kier molecular flexibility index (Phi) is 7.61. The fraction of sp³-hybridized carbons (Fsp3) is 0.357. The number of aromatic nitrogens is 2. The molecule has 1 atom stereocenters. The van der Waals surface area contributed by atoms with Crippen LogP contribution in [0.4, 0.5) is 0 Å². The Hall–Kier alpha value is -4.14. The number of nitrogens with one attached hydrogen (secondary N) is 2. The minimum atomic E-state index is -1.15. The Balaban J connectivity index is 1.38. The molecule has 194 valence electrons. The van der Waals surface area contributed by atoms with Gasteiger partial charge in [-0.05, 0) is 50.5 Å². The largest absolute Gasteiger partial charge is 0.494 e. The van der Waals surface area contributed by atoms with Crippen molar-refractivity contribution < 1.29 is 19.1 Å². The molecule has 0 saturated carbocycles. The van der Waals surface area contributed by atoms with Gasteiger partial charge in [-0.2, -0.15) is 5.10 Å². The van der Waals surface area contributed by atoms with Gasteiger partial charge in [0, 0.05) is 26.2 Å². The molecule has 0 spiro atoms. The maximum Gasteiger partial charge on any atom is 0.272 e. The number of fused-ring (bicyclic) bond motifs is 1. The lowest BCUT2D eigenvalue weighted by molar-refractivity contribution is -0.132. The van der Waals surface area contributed by atoms with E-state index in [1.54, 1.807) is 14.0 Å². The first-order valence-electron chi connectivity index (χ1n) is 12.4. The molecule has 0 saturated heterocycles. The summed E-state index contributed by atoms with van der Waals surface area (Å²) in [6, 6.07) is 17.1. The van der Waals surface area contributed by atoms with E-state index in [2.05, 4.69) is 15.7 Å². The molecular weight excluding hydrogens is 470 g/mol. The van der Waals surface area contributed by atoms with Crippen LogP contribution in [-0.4, -0.2) is 58.1 Å². The van der Waals surface area contributed by atoms with Gasteiger partial charge in [-0.25, -0.2) is 0 Å². The molecule has 1 aliphatic heterocycles. The number of benzene rings is 2. The van der Waals surface area contributed by atoms with E-state index in [9.17, 15) is 14.4 Å². The molecule has 3 amide bonds. The van der Waals surface area contributed by atoms with E-state index < -0.39 is 5.54 Å². The van der Waals surface area contributed by atoms with Crippen molar-refractivity contribution in [2.24, 2.45) is 0 Å². The number of hydrogen-bond acceptors (Lipinski definition) is 5. The summed E-state index contributed by atoms with van der Waals surface area (Å²) in [7, 11) is 1.60. The average Bonchev–Trinajstić information content (AvgIpc) is 3.32. The zero-order valence-electron chi connectivity index (χ0n) is 21.7. The number of hydrogen-bond donors (Lipinski definition) is 2. The number of carbonyl (C=O) groups is 3. The lowest BCUT2D eigenvalue weighted by Gasteiger charge is -2.40. The summed E-state index contributed by atoms with van der Waals surface area (Å²) in [6.45, 7) is 7.17. The molecule has 1 aliphatic rings. The summed E-state index contributed by atoms with van der Waals surface area (Å²) < 4.78 is 6.90. The van der Waals surface area contributed by atoms with E-state index in [-0.39, 0.29) is 35.7 Å². The van der Waals surface area contributed by atoms with Gasteiger partial charge < -0.3 is 20.3 Å². The summed E-state index contributed by atoms with van der Waals surface area (Å²) in [6.07, 6.45) is 0.645. The number of ether oxygens (including phenoxy) is 1. The van der Waals surface area contributed by atoms with Crippen molar-refractivity contribution in [3.8, 4) is 5.75 Å². The maximum atomic E-state index is 13.2. The zero-order chi connectivity index (χ0) is 26.6. The van der Waals surface area contributed by atoms with E-state index in [0.717, 1.165) is 22.4 Å². The second-order valence-corrected chi connectivity index (χ2v) is 9.46. The zero-order valence-corrected chi connectivity index (χ0v) is 21.7. The van der Waals surface area contributed by atoms with Crippen LogP contribution in [0.15, 0.2) is 54.6 Å². The summed E-state index contributed by atoms with van der Waals surface area (Å²) in [4.78, 5) is 40.4. The van der Waals surface area contributed by atoms with Crippen LogP contribution in [0.5, 0.6) is 5.75 Å². The highest BCUT2D eigenvalue weighted by molar-refractivity contribution is 6.01. The maximum absolute atomic E-state index is 13.2. The number of rotatable bonds is 9. The Morgan fingerprint density at radius 3 is 2.41 bits per heavy atom. The van der Waals surface area contributed by atoms with Gasteiger partial charge in [0.25, 0.3) is 11.8 Å². The molecule has 2 heterocycles. The van der Waals surface area contributed by atoms with Crippen LogP contribution < -0.4 is 15.4 Å². The van der Waals surface area contributed by atoms with Crippen molar-refractivity contribution >= 4 is 17.7 Å². The van der Waals surface area contributed by atoms with Gasteiger partial charge in [-0.15, -0.1) is 0 Å². The highest BCUT2D eigenvalue weighted by Crippen LogP contribution is 2.26. The predicted octanol–water partition coefficient (Wildman–Crippen LogP) is 2.72. The number of amides is 3. The van der Waals surface area contributed by atoms with Crippen molar-refractivity contribution in [2.45, 2.75) is 45.8 Å². The molecule has 0 fully saturated rings. The summed E-state index contributed by atoms with van der Waals surface area (Å²) in [5.74, 6) is -0.204. The highest BCUT2D eigenvalue weighted by Gasteiger charge is 2.46. The molecule has 0 radical (unpaired) electrons. The molecule has 0 aliphatic carbocycles. The van der Waals surface area contributed by atoms with Crippen LogP contribution in [-0.2, 0) is 24.3 Å². The summed E-state index contributed by atoms with van der Waals surface area (Å²) in [5, 5.41) is 10.2. The van der Waals surface area contributed by atoms with Gasteiger partial charge in [-0.3, -0.25) is 19.1 Å². The molecular formula is C28H33N5O4. The monoisotopic (exact) mass is 503 g/mol. The van der Waals surface area contributed by atoms with Crippen LogP contribution in [0.1, 0.15) is 51.5 Å². The molecule has 9 heteroatoms. The van der Waals surface area contributed by atoms with Gasteiger partial charge in [0.15, 0.2) is 5.69 Å². The molecule has 9 nitrogen and oxygen atoms in total. The SMILES string of the molecule is CCOc1ccc(CCNC(=O)c2cc3n(n2)C[C@](C)(C(=O)NCc2ccc(C)cc2)N(C)C3=O)cc1. The van der Waals surface area contributed by atoms with Crippen molar-refractivity contribution in [2.75, 3.05) is 20.2 Å². The average molecular weight is 504 g/mol. The van der Waals surface area contributed by atoms with Gasteiger partial charge in [-0.1, -0.05) is 42.0 Å². The van der Waals surface area contributed by atoms with Crippen LogP contribution in [0.2, 0.25) is 0 Å². The van der Waals surface area contributed by atoms with E-state index in [1.165, 1.54) is 15.6 Å². The molecule has 37 heavy (non-hydrogen) atoms. The summed E-state index contributed by atoms with van der Waals surface area (Å²) >= 11 is 0. The van der Waals surface area contributed by atoms with Crippen LogP contribution >= 0.6 is 0 Å². The van der Waals surface area contributed by atoms with Gasteiger partial charge in [0.05, 0.1) is 13.2 Å². The Bertz CT molecular complexity index is 1280. The Labute approximate surface area is 216 Å². The topological polar surface area (TPSA) is 106 Å². The van der Waals surface area contributed by atoms with E-state index >= 15 is 0 Å². The lowest BCUT2D eigenvalue weighted by Crippen LogP contribution is -2.62. The van der Waals surface area contributed by atoms with E-state index in [1.807, 2.05) is 62.4 Å². The standard InChI is InChI=1S/C28H33N5O4/c1-5-37-22-12-10-20(11-13-22)14-15-29-25(34)23-16-24-26(35)32(4)28(3,18-33(24)31-23)27(36)30-17-21-8-6-19(2)7-9-21/h6-13,16H,5,14-15,17-18H2,1-4H3,(H,29,34)(H,30,36)/t28-/m1/s1. The third kappa shape index (κ3) is 5.66. The minimum absolute atomic E-state index is 0.143. The van der Waals surface area contributed by atoms with Crippen molar-refractivity contribution in [3.05, 3.63) is 82.7 Å². The van der Waals surface area contributed by atoms with Gasteiger partial charge in [0.2, 0.25) is 5.91 Å². The van der Waals surface area contributed by atoms with Gasteiger partial charge >= 0.3 is 0 Å². The fourth-order valence-corrected chi connectivity index (χ4v) is 4.25. The molecule has 2 aromatic carbocycles. The highest BCUT2D eigenvalue weighted by atomic mass is 16.5. The van der Waals surface area contributed by atoms with E-state index in [0.29, 0.717) is 26.1 Å². The second kappa shape index (κ2) is 10.9. The summed E-state index contributed by atoms with van der Waals surface area (Å²) in [5.41, 5.74) is 2.45. The molecule has 3 aromatic rings. The minimum Gasteiger partial charge on any atom is -0.494 e. The van der Waals surface area contributed by atoms with Crippen molar-refractivity contribution in [1.82, 2.24) is 25.3 Å². The molecule has 4 rings (SSSR count). The smallest absolute Gasteiger partial charge is 0.272 e. The first kappa shape index (κ1) is 25.9. The quantitative estimate of drug-likeness (QED) is 0.467. The van der Waals surface area contributed by atoms with Crippen molar-refractivity contribution in [1.29, 1.82) is 0 Å². The number of carbonyl (C=O) groups excluding carboxylic acids is 3. The van der Waals surface area contributed by atoms with E-state index in [4.69, 9.17) is 4.74 Å². The van der Waals surface area contributed by atoms with Crippen LogP contribution in [0, 0.1) is 6.92 Å². The Morgan fingerprint density at radius 2 is 1.73 bits per heavy atom. The second-order valence-electron chi connectivity index (χ2n) is 9.46. The van der Waals surface area contributed by atoms with Crippen molar-refractivity contribution in [3.63, 3.8) is 0 Å². The molecule has 0 bridgehead atoms. The van der Waals surface area contributed by atoms with Crippen LogP contribution in [0.25, 0.3) is 0 Å². The lowest BCUT2D eigenvalue weighted by atomic mass is 9.95. The number of aryl methyl sites for hydroxylation is 1. The molecule has 1 aromatic heterocycles. The number of nitrogens with zero attached hydrogens (tertiary/aromatic N) is 3. The molecule has 2 N–H and O–H groups in total. The normalized spacial score (nSPS) is 16.8. The third-order valence-electron chi connectivity index (χ3n) is 6.73. The predicted molar refractivity (Wildman–Crippen MR) is 139 cm³/mol. The third-order valence-corrected chi connectivity index (χ3v) is 6.73. The molecule has 0 unspecified atom stereocenters.